The van der Waals surface area contributed by atoms with Gasteiger partial charge < -0.3 is 10.5 Å². The smallest absolute Gasteiger partial charge is 0.204 e. The summed E-state index contributed by atoms with van der Waals surface area (Å²) in [5, 5.41) is 0. The molecule has 0 radical (unpaired) electrons. The molecule has 0 unspecified atom stereocenters. The molecule has 0 saturated carbocycles. The van der Waals surface area contributed by atoms with Gasteiger partial charge in [-0.2, -0.15) is 0 Å². The lowest BCUT2D eigenvalue weighted by molar-refractivity contribution is -0.106. The van der Waals surface area contributed by atoms with Gasteiger partial charge in [-0.25, -0.2) is 0 Å². The van der Waals surface area contributed by atoms with Crippen LogP contribution in [-0.4, -0.2) is 19.8 Å². The number of aryl methyl sites for hydroxylation is 1. The number of nitrogens with two attached hydrogens (primary N) is 1. The molecular formula is C16H17NO3. The fourth-order valence-corrected chi connectivity index (χ4v) is 1.75. The number of ether oxygens (including phenoxy) is 1. The summed E-state index contributed by atoms with van der Waals surface area (Å²) in [4.78, 5) is 19.5. The number of hydrogen-bond acceptors (Lipinski definition) is 3. The van der Waals surface area contributed by atoms with Crippen molar-refractivity contribution in [3.05, 3.63) is 53.6 Å². The predicted molar refractivity (Wildman–Crippen MR) is 78.8 cm³/mol. The molecule has 2 aromatic carbocycles. The summed E-state index contributed by atoms with van der Waals surface area (Å²) in [6, 6.07) is 13.8. The number of primary amides is 1. The Hall–Kier alpha value is -2.62. The van der Waals surface area contributed by atoms with Crippen molar-refractivity contribution in [1.29, 1.82) is 0 Å². The summed E-state index contributed by atoms with van der Waals surface area (Å²) in [7, 11) is 1.56. The van der Waals surface area contributed by atoms with Gasteiger partial charge in [0, 0.05) is 0 Å². The van der Waals surface area contributed by atoms with Crippen LogP contribution in [0.5, 0.6) is 5.75 Å². The van der Waals surface area contributed by atoms with E-state index >= 15 is 0 Å². The van der Waals surface area contributed by atoms with Gasteiger partial charge in [-0.15, -0.1) is 0 Å². The number of carbonyl (C=O) groups excluding carboxylic acids is 2. The Morgan fingerprint density at radius 3 is 2.05 bits per heavy atom. The van der Waals surface area contributed by atoms with E-state index in [1.807, 2.05) is 30.3 Å². The maximum absolute atomic E-state index is 10.9. The van der Waals surface area contributed by atoms with Crippen molar-refractivity contribution >= 4 is 12.7 Å². The summed E-state index contributed by atoms with van der Waals surface area (Å²) < 4.78 is 5.11. The van der Waals surface area contributed by atoms with E-state index in [1.54, 1.807) is 7.11 Å². The zero-order valence-electron chi connectivity index (χ0n) is 11.5. The van der Waals surface area contributed by atoms with Crippen LogP contribution in [0.4, 0.5) is 0 Å². The molecule has 0 aliphatic carbocycles. The minimum absolute atomic E-state index is 0.250. The van der Waals surface area contributed by atoms with E-state index < -0.39 is 0 Å². The van der Waals surface area contributed by atoms with Crippen molar-refractivity contribution in [1.82, 2.24) is 0 Å². The topological polar surface area (TPSA) is 69.4 Å². The van der Waals surface area contributed by atoms with Gasteiger partial charge in [0.2, 0.25) is 6.41 Å². The monoisotopic (exact) mass is 271 g/mol. The van der Waals surface area contributed by atoms with Gasteiger partial charge >= 0.3 is 0 Å². The van der Waals surface area contributed by atoms with E-state index in [4.69, 9.17) is 9.53 Å². The van der Waals surface area contributed by atoms with E-state index in [1.165, 1.54) is 5.56 Å². The van der Waals surface area contributed by atoms with Crippen LogP contribution in [0.3, 0.4) is 0 Å². The van der Waals surface area contributed by atoms with Crippen LogP contribution in [0.1, 0.15) is 15.9 Å². The molecule has 0 fully saturated rings. The maximum atomic E-state index is 10.9. The fraction of sp³-hybridized carbons (Fsp3) is 0.125. The molecule has 4 nitrogen and oxygen atoms in total. The molecular weight excluding hydrogens is 254 g/mol. The molecule has 4 heteroatoms. The Morgan fingerprint density at radius 1 is 1.00 bits per heavy atom. The van der Waals surface area contributed by atoms with E-state index in [-0.39, 0.29) is 6.41 Å². The molecule has 2 rings (SSSR count). The highest BCUT2D eigenvalue weighted by Gasteiger charge is 2.04. The highest BCUT2D eigenvalue weighted by Crippen LogP contribution is 2.25. The number of aldehydes is 1. The van der Waals surface area contributed by atoms with Gasteiger partial charge in [-0.3, -0.25) is 9.59 Å². The standard InChI is InChI=1S/C15H14O2.CH3NO/c1-11-3-5-12(6-4-11)13-7-8-15(17-2)14(9-13)10-16;2-1-3/h3-10H,1-2H3;1H,(H2,2,3). The third-order valence-corrected chi connectivity index (χ3v) is 2.74. The van der Waals surface area contributed by atoms with Crippen LogP contribution in [0.15, 0.2) is 42.5 Å². The molecule has 0 bridgehead atoms. The minimum atomic E-state index is 0.250. The van der Waals surface area contributed by atoms with E-state index in [2.05, 4.69) is 24.8 Å². The van der Waals surface area contributed by atoms with Gasteiger partial charge in [0.1, 0.15) is 5.75 Å². The third-order valence-electron chi connectivity index (χ3n) is 2.74. The first-order valence-electron chi connectivity index (χ1n) is 6.02. The predicted octanol–water partition coefficient (Wildman–Crippen LogP) is 2.58. The minimum Gasteiger partial charge on any atom is -0.496 e. The van der Waals surface area contributed by atoms with Crippen LogP contribution in [0.25, 0.3) is 11.1 Å². The highest BCUT2D eigenvalue weighted by molar-refractivity contribution is 5.83. The molecule has 0 aliphatic heterocycles. The van der Waals surface area contributed by atoms with Gasteiger partial charge in [0.25, 0.3) is 0 Å². The Labute approximate surface area is 118 Å². The number of benzene rings is 2. The molecule has 0 saturated heterocycles. The normalized spacial score (nSPS) is 9.10. The molecule has 0 spiro atoms. The lowest BCUT2D eigenvalue weighted by Gasteiger charge is -2.07. The second-order valence-corrected chi connectivity index (χ2v) is 4.08. The van der Waals surface area contributed by atoms with Crippen molar-refractivity contribution in [2.45, 2.75) is 6.92 Å². The zero-order chi connectivity index (χ0) is 15.0. The molecule has 0 aliphatic rings. The van der Waals surface area contributed by atoms with Gasteiger partial charge in [-0.1, -0.05) is 35.9 Å². The Kier molecular flexibility index (Phi) is 5.97. The highest BCUT2D eigenvalue weighted by atomic mass is 16.5. The van der Waals surface area contributed by atoms with Gasteiger partial charge in [0.15, 0.2) is 6.29 Å². The molecule has 104 valence electrons. The number of amides is 1. The van der Waals surface area contributed by atoms with Crippen LogP contribution in [0.2, 0.25) is 0 Å². The Morgan fingerprint density at radius 2 is 1.55 bits per heavy atom. The summed E-state index contributed by atoms with van der Waals surface area (Å²) in [5.41, 5.74) is 8.08. The molecule has 0 heterocycles. The lowest BCUT2D eigenvalue weighted by Crippen LogP contribution is -1.91. The van der Waals surface area contributed by atoms with E-state index in [0.717, 1.165) is 17.4 Å². The second kappa shape index (κ2) is 7.74. The summed E-state index contributed by atoms with van der Waals surface area (Å²) in [6.07, 6.45) is 1.07. The van der Waals surface area contributed by atoms with Crippen molar-refractivity contribution in [2.75, 3.05) is 7.11 Å². The van der Waals surface area contributed by atoms with E-state index in [0.29, 0.717) is 11.3 Å². The SMILES string of the molecule is COc1ccc(-c2ccc(C)cc2)cc1C=O.NC=O. The van der Waals surface area contributed by atoms with Crippen molar-refractivity contribution in [3.8, 4) is 16.9 Å². The van der Waals surface area contributed by atoms with Gasteiger partial charge in [0.05, 0.1) is 12.7 Å². The Bertz CT molecular complexity index is 577. The first kappa shape index (κ1) is 15.4. The molecule has 20 heavy (non-hydrogen) atoms. The average Bonchev–Trinajstić information content (AvgIpc) is 2.48. The lowest BCUT2D eigenvalue weighted by atomic mass is 10.0. The summed E-state index contributed by atoms with van der Waals surface area (Å²) in [5.74, 6) is 0.607. The van der Waals surface area contributed by atoms with Crippen molar-refractivity contribution in [3.63, 3.8) is 0 Å². The number of hydrogen-bond donors (Lipinski definition) is 1. The van der Waals surface area contributed by atoms with E-state index in [9.17, 15) is 4.79 Å². The maximum Gasteiger partial charge on any atom is 0.204 e. The first-order chi connectivity index (χ1) is 9.65. The summed E-state index contributed by atoms with van der Waals surface area (Å²) in [6.45, 7) is 2.05. The molecule has 2 N–H and O–H groups in total. The summed E-state index contributed by atoms with van der Waals surface area (Å²) >= 11 is 0. The van der Waals surface area contributed by atoms with Crippen LogP contribution in [0, 0.1) is 6.92 Å². The third kappa shape index (κ3) is 3.95. The van der Waals surface area contributed by atoms with Crippen LogP contribution < -0.4 is 10.5 Å². The first-order valence-corrected chi connectivity index (χ1v) is 6.02. The largest absolute Gasteiger partial charge is 0.496 e. The number of rotatable bonds is 3. The zero-order valence-corrected chi connectivity index (χ0v) is 11.5. The van der Waals surface area contributed by atoms with Crippen molar-refractivity contribution in [2.24, 2.45) is 5.73 Å². The Balaban J connectivity index is 0.000000612. The quantitative estimate of drug-likeness (QED) is 0.872. The second-order valence-electron chi connectivity index (χ2n) is 4.08. The van der Waals surface area contributed by atoms with Crippen molar-refractivity contribution < 1.29 is 14.3 Å². The molecule has 2 aromatic rings. The van der Waals surface area contributed by atoms with Crippen LogP contribution in [-0.2, 0) is 4.79 Å². The number of carbonyl (C=O) groups is 2. The fourth-order valence-electron chi connectivity index (χ4n) is 1.75. The van der Waals surface area contributed by atoms with Gasteiger partial charge in [-0.05, 0) is 30.2 Å². The average molecular weight is 271 g/mol. The van der Waals surface area contributed by atoms with Crippen LogP contribution >= 0.6 is 0 Å². The number of methoxy groups -OCH3 is 1. The molecule has 1 amide bonds. The molecule has 0 aromatic heterocycles. The molecule has 0 atom stereocenters.